The number of benzene rings is 4. The van der Waals surface area contributed by atoms with Crippen molar-refractivity contribution in [1.29, 1.82) is 0 Å². The van der Waals surface area contributed by atoms with Crippen molar-refractivity contribution in [3.8, 4) is 11.1 Å². The Hall–Kier alpha value is -4.87. The van der Waals surface area contributed by atoms with Gasteiger partial charge in [-0.05, 0) is 73.5 Å². The molecule has 3 N–H and O–H groups in total. The first-order chi connectivity index (χ1) is 24.0. The molecule has 12 heteroatoms. The number of esters is 1. The van der Waals surface area contributed by atoms with Gasteiger partial charge in [-0.3, -0.25) is 14.4 Å². The molecular formula is C38H31Cl2N3O5S2. The lowest BCUT2D eigenvalue weighted by Crippen LogP contribution is -2.30. The van der Waals surface area contributed by atoms with Crippen LogP contribution in [0.3, 0.4) is 0 Å². The number of hydrogen-bond donors (Lipinski definition) is 3. The Morgan fingerprint density at radius 2 is 1.62 bits per heavy atom. The molecule has 1 atom stereocenters. The summed E-state index contributed by atoms with van der Waals surface area (Å²) >= 11 is 14.9. The second-order valence-corrected chi connectivity index (χ2v) is 14.1. The minimum absolute atomic E-state index is 0.0451. The van der Waals surface area contributed by atoms with E-state index in [1.165, 1.54) is 36.3 Å². The van der Waals surface area contributed by atoms with Crippen LogP contribution in [0, 0.1) is 6.92 Å². The fourth-order valence-corrected chi connectivity index (χ4v) is 7.08. The maximum absolute atomic E-state index is 13.6. The second kappa shape index (κ2) is 16.7. The maximum Gasteiger partial charge on any atom is 0.341 e. The zero-order valence-electron chi connectivity index (χ0n) is 27.1. The molecule has 254 valence electrons. The van der Waals surface area contributed by atoms with Gasteiger partial charge in [0, 0.05) is 37.1 Å². The van der Waals surface area contributed by atoms with E-state index in [1.807, 2.05) is 42.6 Å². The first-order valence-corrected chi connectivity index (χ1v) is 17.7. The molecule has 3 amide bonds. The highest BCUT2D eigenvalue weighted by molar-refractivity contribution is 8.00. The van der Waals surface area contributed by atoms with Gasteiger partial charge < -0.3 is 20.7 Å². The van der Waals surface area contributed by atoms with E-state index in [9.17, 15) is 19.2 Å². The fourth-order valence-electron chi connectivity index (χ4n) is 4.73. The molecule has 0 spiro atoms. The molecule has 0 radical (unpaired) electrons. The van der Waals surface area contributed by atoms with E-state index < -0.39 is 23.0 Å². The first kappa shape index (κ1) is 36.4. The van der Waals surface area contributed by atoms with Crippen molar-refractivity contribution >= 4 is 86.8 Å². The van der Waals surface area contributed by atoms with E-state index in [0.717, 1.165) is 11.1 Å². The zero-order chi connectivity index (χ0) is 35.8. The number of thiophene rings is 1. The summed E-state index contributed by atoms with van der Waals surface area (Å²) in [5.41, 5.74) is 4.12. The van der Waals surface area contributed by atoms with Crippen LogP contribution in [0.5, 0.6) is 0 Å². The van der Waals surface area contributed by atoms with Crippen LogP contribution in [0.25, 0.3) is 17.2 Å². The quantitative estimate of drug-likeness (QED) is 0.0706. The van der Waals surface area contributed by atoms with Crippen LogP contribution in [-0.2, 0) is 14.3 Å². The summed E-state index contributed by atoms with van der Waals surface area (Å²) in [6.07, 6.45) is 1.47. The summed E-state index contributed by atoms with van der Waals surface area (Å²) in [4.78, 5) is 53.4. The number of carbonyl (C=O) groups excluding carboxylic acids is 4. The van der Waals surface area contributed by atoms with Crippen LogP contribution >= 0.6 is 46.3 Å². The Labute approximate surface area is 307 Å². The number of hydrogen-bond acceptors (Lipinski definition) is 7. The Balaban J connectivity index is 1.31. The minimum atomic E-state index is -0.592. The highest BCUT2D eigenvalue weighted by Gasteiger charge is 2.24. The number of methoxy groups -OCH3 is 1. The van der Waals surface area contributed by atoms with E-state index in [0.29, 0.717) is 47.9 Å². The average molecular weight is 745 g/mol. The van der Waals surface area contributed by atoms with E-state index in [4.69, 9.17) is 27.9 Å². The standard InChI is InChI=1S/C38H31Cl2N3O5S2/c1-22-12-14-24(15-13-22)30-21-49-37(33(30)38(47)48-3)43-34(44)23(2)50-29-11-7-10-28(20-29)41-36(46)32(18-26-16-17-27(39)19-31(26)40)42-35(45)25-8-5-4-6-9-25/h4-21,23H,1-3H3,(H,41,46)(H,42,45)(H,43,44)/b32-18+. The Morgan fingerprint density at radius 3 is 2.32 bits per heavy atom. The number of thioether (sulfide) groups is 1. The van der Waals surface area contributed by atoms with Crippen molar-refractivity contribution < 1.29 is 23.9 Å². The second-order valence-electron chi connectivity index (χ2n) is 11.0. The summed E-state index contributed by atoms with van der Waals surface area (Å²) in [6, 6.07) is 28.0. The maximum atomic E-state index is 13.6. The van der Waals surface area contributed by atoms with Crippen LogP contribution in [0.4, 0.5) is 10.7 Å². The summed E-state index contributed by atoms with van der Waals surface area (Å²) in [6.45, 7) is 3.72. The SMILES string of the molecule is COC(=O)c1c(-c2ccc(C)cc2)csc1NC(=O)C(C)Sc1cccc(NC(=O)/C(=C\c2ccc(Cl)cc2Cl)NC(=O)c2ccccc2)c1. The smallest absolute Gasteiger partial charge is 0.341 e. The number of aryl methyl sites for hydroxylation is 1. The molecule has 0 saturated carbocycles. The summed E-state index contributed by atoms with van der Waals surface area (Å²) in [7, 11) is 1.30. The minimum Gasteiger partial charge on any atom is -0.465 e. The number of ether oxygens (including phenoxy) is 1. The van der Waals surface area contributed by atoms with Crippen LogP contribution in [0.2, 0.25) is 10.0 Å². The van der Waals surface area contributed by atoms with Gasteiger partial charge >= 0.3 is 5.97 Å². The number of nitrogens with one attached hydrogen (secondary N) is 3. The molecule has 0 aliphatic carbocycles. The van der Waals surface area contributed by atoms with Gasteiger partial charge in [0.1, 0.15) is 16.3 Å². The summed E-state index contributed by atoms with van der Waals surface area (Å²) in [5, 5.41) is 10.8. The van der Waals surface area contributed by atoms with E-state index >= 15 is 0 Å². The number of rotatable bonds is 11. The molecule has 5 rings (SSSR count). The Kier molecular flexibility index (Phi) is 12.2. The molecular weight excluding hydrogens is 713 g/mol. The highest BCUT2D eigenvalue weighted by Crippen LogP contribution is 2.37. The van der Waals surface area contributed by atoms with Crippen LogP contribution in [0.1, 0.15) is 38.8 Å². The molecule has 1 heterocycles. The van der Waals surface area contributed by atoms with Gasteiger partial charge in [0.25, 0.3) is 11.8 Å². The van der Waals surface area contributed by atoms with E-state index in [1.54, 1.807) is 73.7 Å². The number of anilines is 2. The monoisotopic (exact) mass is 743 g/mol. The predicted octanol–water partition coefficient (Wildman–Crippen LogP) is 9.35. The lowest BCUT2D eigenvalue weighted by molar-refractivity contribution is -0.115. The van der Waals surface area contributed by atoms with Crippen LogP contribution < -0.4 is 16.0 Å². The third kappa shape index (κ3) is 9.22. The van der Waals surface area contributed by atoms with Gasteiger partial charge in [-0.1, -0.05) is 83.4 Å². The van der Waals surface area contributed by atoms with Crippen molar-refractivity contribution in [2.75, 3.05) is 17.7 Å². The van der Waals surface area contributed by atoms with Crippen molar-refractivity contribution in [1.82, 2.24) is 5.32 Å². The topological polar surface area (TPSA) is 114 Å². The molecule has 5 aromatic rings. The highest BCUT2D eigenvalue weighted by atomic mass is 35.5. The molecule has 0 fully saturated rings. The van der Waals surface area contributed by atoms with Gasteiger partial charge in [0.05, 0.1) is 12.4 Å². The molecule has 50 heavy (non-hydrogen) atoms. The zero-order valence-corrected chi connectivity index (χ0v) is 30.2. The average Bonchev–Trinajstić information content (AvgIpc) is 3.52. The lowest BCUT2D eigenvalue weighted by Gasteiger charge is -2.14. The van der Waals surface area contributed by atoms with Crippen molar-refractivity contribution in [2.24, 2.45) is 0 Å². The molecule has 1 aromatic heterocycles. The molecule has 0 aliphatic heterocycles. The summed E-state index contributed by atoms with van der Waals surface area (Å²) < 4.78 is 5.05. The normalized spacial score (nSPS) is 11.7. The van der Waals surface area contributed by atoms with Gasteiger partial charge in [-0.2, -0.15) is 0 Å². The van der Waals surface area contributed by atoms with Gasteiger partial charge in [0.2, 0.25) is 5.91 Å². The third-order valence-corrected chi connectivity index (χ3v) is 9.90. The Morgan fingerprint density at radius 1 is 0.880 bits per heavy atom. The number of carbonyl (C=O) groups is 4. The largest absolute Gasteiger partial charge is 0.465 e. The molecule has 0 bridgehead atoms. The van der Waals surface area contributed by atoms with E-state index in [-0.39, 0.29) is 11.6 Å². The summed E-state index contributed by atoms with van der Waals surface area (Å²) in [5.74, 6) is -1.94. The fraction of sp³-hybridized carbons (Fsp3) is 0.105. The third-order valence-electron chi connectivity index (χ3n) is 7.34. The van der Waals surface area contributed by atoms with Crippen LogP contribution in [0.15, 0.2) is 113 Å². The molecule has 1 unspecified atom stereocenters. The van der Waals surface area contributed by atoms with Gasteiger partial charge in [-0.25, -0.2) is 4.79 Å². The van der Waals surface area contributed by atoms with E-state index in [2.05, 4.69) is 16.0 Å². The Bertz CT molecular complexity index is 2080. The first-order valence-electron chi connectivity index (χ1n) is 15.2. The molecule has 0 saturated heterocycles. The van der Waals surface area contributed by atoms with Crippen LogP contribution in [-0.4, -0.2) is 36.1 Å². The molecule has 0 aliphatic rings. The number of amides is 3. The van der Waals surface area contributed by atoms with Crippen molar-refractivity contribution in [3.05, 3.63) is 140 Å². The van der Waals surface area contributed by atoms with Crippen molar-refractivity contribution in [3.63, 3.8) is 0 Å². The van der Waals surface area contributed by atoms with Crippen molar-refractivity contribution in [2.45, 2.75) is 24.0 Å². The molecule has 4 aromatic carbocycles. The number of halogens is 2. The lowest BCUT2D eigenvalue weighted by atomic mass is 10.0. The van der Waals surface area contributed by atoms with Gasteiger partial charge in [0.15, 0.2) is 0 Å². The predicted molar refractivity (Wildman–Crippen MR) is 203 cm³/mol. The van der Waals surface area contributed by atoms with Gasteiger partial charge in [-0.15, -0.1) is 23.1 Å². The molecule has 8 nitrogen and oxygen atoms in total.